The summed E-state index contributed by atoms with van der Waals surface area (Å²) >= 11 is 3.46. The van der Waals surface area contributed by atoms with Crippen LogP contribution in [0.1, 0.15) is 49.1 Å². The molecular formula is C23H26BrNO3. The number of benzene rings is 2. The third kappa shape index (κ3) is 4.35. The Hall–Kier alpha value is -2.01. The maximum Gasteiger partial charge on any atom is 0.223 e. The Labute approximate surface area is 175 Å². The topological polar surface area (TPSA) is 38.8 Å². The molecule has 0 bridgehead atoms. The van der Waals surface area contributed by atoms with Crippen LogP contribution in [0.2, 0.25) is 0 Å². The lowest BCUT2D eigenvalue weighted by Gasteiger charge is -2.21. The Morgan fingerprint density at radius 3 is 2.57 bits per heavy atom. The average Bonchev–Trinajstić information content (AvgIpc) is 3.33. The predicted octanol–water partition coefficient (Wildman–Crippen LogP) is 5.30. The number of nitrogens with zero attached hydrogens (tertiary/aromatic N) is 1. The standard InChI is InChI=1S/C23H26BrNO3/c1-27-20-10-11-21(22(13-20)28-19-4-2-3-5-19)17-12-23(26)25(15-17)14-16-6-8-18(24)9-7-16/h6-11,13,17,19H,2-5,12,14-15H2,1H3/t17-/m0/s1. The van der Waals surface area contributed by atoms with Crippen molar-refractivity contribution in [3.05, 3.63) is 58.1 Å². The molecule has 28 heavy (non-hydrogen) atoms. The van der Waals surface area contributed by atoms with Gasteiger partial charge >= 0.3 is 0 Å². The predicted molar refractivity (Wildman–Crippen MR) is 113 cm³/mol. The van der Waals surface area contributed by atoms with Crippen LogP contribution in [0.4, 0.5) is 0 Å². The number of likely N-dealkylation sites (tertiary alicyclic amines) is 1. The van der Waals surface area contributed by atoms with Gasteiger partial charge in [0.1, 0.15) is 11.5 Å². The molecule has 1 amide bonds. The molecule has 2 aromatic carbocycles. The summed E-state index contributed by atoms with van der Waals surface area (Å²) < 4.78 is 12.8. The number of halogens is 1. The monoisotopic (exact) mass is 443 g/mol. The second kappa shape index (κ2) is 8.56. The van der Waals surface area contributed by atoms with E-state index in [1.807, 2.05) is 29.2 Å². The van der Waals surface area contributed by atoms with E-state index in [2.05, 4.69) is 34.1 Å². The first-order valence-electron chi connectivity index (χ1n) is 9.99. The number of carbonyl (C=O) groups excluding carboxylic acids is 1. The second-order valence-corrected chi connectivity index (χ2v) is 8.65. The molecule has 1 atom stereocenters. The van der Waals surface area contributed by atoms with Gasteiger partial charge in [0.05, 0.1) is 13.2 Å². The minimum Gasteiger partial charge on any atom is -0.497 e. The van der Waals surface area contributed by atoms with Gasteiger partial charge < -0.3 is 14.4 Å². The van der Waals surface area contributed by atoms with Crippen molar-refractivity contribution in [2.75, 3.05) is 13.7 Å². The molecule has 1 saturated heterocycles. The minimum absolute atomic E-state index is 0.158. The van der Waals surface area contributed by atoms with Gasteiger partial charge in [-0.3, -0.25) is 4.79 Å². The number of carbonyl (C=O) groups is 1. The molecule has 4 nitrogen and oxygen atoms in total. The van der Waals surface area contributed by atoms with Crippen molar-refractivity contribution in [1.29, 1.82) is 0 Å². The van der Waals surface area contributed by atoms with E-state index in [4.69, 9.17) is 9.47 Å². The first-order chi connectivity index (χ1) is 13.6. The Morgan fingerprint density at radius 1 is 1.11 bits per heavy atom. The Morgan fingerprint density at radius 2 is 1.86 bits per heavy atom. The SMILES string of the molecule is COc1ccc([C@H]2CC(=O)N(Cc3ccc(Br)cc3)C2)c(OC2CCCC2)c1. The van der Waals surface area contributed by atoms with Crippen molar-refractivity contribution < 1.29 is 14.3 Å². The highest BCUT2D eigenvalue weighted by Gasteiger charge is 2.33. The van der Waals surface area contributed by atoms with Gasteiger partial charge in [-0.05, 0) is 55.0 Å². The van der Waals surface area contributed by atoms with E-state index in [1.165, 1.54) is 12.8 Å². The molecule has 2 fully saturated rings. The lowest BCUT2D eigenvalue weighted by molar-refractivity contribution is -0.128. The van der Waals surface area contributed by atoms with Gasteiger partial charge in [-0.25, -0.2) is 0 Å². The third-order valence-electron chi connectivity index (χ3n) is 5.76. The number of amides is 1. The van der Waals surface area contributed by atoms with Gasteiger partial charge in [0.25, 0.3) is 0 Å². The van der Waals surface area contributed by atoms with Crippen LogP contribution >= 0.6 is 15.9 Å². The first kappa shape index (κ1) is 19.3. The highest BCUT2D eigenvalue weighted by atomic mass is 79.9. The molecule has 2 aromatic rings. The van der Waals surface area contributed by atoms with Gasteiger partial charge in [0.2, 0.25) is 5.91 Å². The number of hydrogen-bond donors (Lipinski definition) is 0. The molecule has 0 radical (unpaired) electrons. The van der Waals surface area contributed by atoms with E-state index in [-0.39, 0.29) is 17.9 Å². The van der Waals surface area contributed by atoms with Crippen LogP contribution in [-0.2, 0) is 11.3 Å². The largest absolute Gasteiger partial charge is 0.497 e. The van der Waals surface area contributed by atoms with Crippen molar-refractivity contribution >= 4 is 21.8 Å². The molecule has 148 valence electrons. The van der Waals surface area contributed by atoms with Crippen LogP contribution in [-0.4, -0.2) is 30.6 Å². The Balaban J connectivity index is 1.51. The van der Waals surface area contributed by atoms with Crippen molar-refractivity contribution in [3.63, 3.8) is 0 Å². The van der Waals surface area contributed by atoms with Gasteiger partial charge in [0, 0.05) is 36.0 Å². The Kier molecular flexibility index (Phi) is 5.90. The first-order valence-corrected chi connectivity index (χ1v) is 10.8. The van der Waals surface area contributed by atoms with Crippen LogP contribution in [0, 0.1) is 0 Å². The summed E-state index contributed by atoms with van der Waals surface area (Å²) in [6.45, 7) is 1.37. The quantitative estimate of drug-likeness (QED) is 0.608. The molecular weight excluding hydrogens is 418 g/mol. The van der Waals surface area contributed by atoms with E-state index >= 15 is 0 Å². The molecule has 0 N–H and O–H groups in total. The molecule has 5 heteroatoms. The number of hydrogen-bond acceptors (Lipinski definition) is 3. The highest BCUT2D eigenvalue weighted by molar-refractivity contribution is 9.10. The van der Waals surface area contributed by atoms with Crippen LogP contribution in [0.3, 0.4) is 0 Å². The zero-order valence-electron chi connectivity index (χ0n) is 16.2. The summed E-state index contributed by atoms with van der Waals surface area (Å²) in [6.07, 6.45) is 5.48. The normalized spacial score (nSPS) is 20.0. The third-order valence-corrected chi connectivity index (χ3v) is 6.29. The summed E-state index contributed by atoms with van der Waals surface area (Å²) in [5.41, 5.74) is 2.27. The summed E-state index contributed by atoms with van der Waals surface area (Å²) in [7, 11) is 1.67. The van der Waals surface area contributed by atoms with Crippen molar-refractivity contribution in [1.82, 2.24) is 4.90 Å². The lowest BCUT2D eigenvalue weighted by Crippen LogP contribution is -2.24. The Bertz CT molecular complexity index is 830. The highest BCUT2D eigenvalue weighted by Crippen LogP contribution is 2.38. The van der Waals surface area contributed by atoms with Gasteiger partial charge in [0.15, 0.2) is 0 Å². The fourth-order valence-electron chi connectivity index (χ4n) is 4.21. The molecule has 1 aliphatic heterocycles. The molecule has 1 aliphatic carbocycles. The maximum atomic E-state index is 12.7. The van der Waals surface area contributed by atoms with Crippen molar-refractivity contribution in [2.45, 2.75) is 50.7 Å². The molecule has 1 saturated carbocycles. The van der Waals surface area contributed by atoms with Crippen LogP contribution in [0.25, 0.3) is 0 Å². The van der Waals surface area contributed by atoms with E-state index in [0.717, 1.165) is 46.5 Å². The minimum atomic E-state index is 0.158. The molecule has 0 unspecified atom stereocenters. The van der Waals surface area contributed by atoms with E-state index in [1.54, 1.807) is 7.11 Å². The molecule has 0 spiro atoms. The van der Waals surface area contributed by atoms with E-state index in [9.17, 15) is 4.79 Å². The number of rotatable bonds is 6. The van der Waals surface area contributed by atoms with Gasteiger partial charge in [-0.1, -0.05) is 34.1 Å². The summed E-state index contributed by atoms with van der Waals surface area (Å²) in [6, 6.07) is 14.2. The molecule has 1 heterocycles. The summed E-state index contributed by atoms with van der Waals surface area (Å²) in [5.74, 6) is 2.04. The maximum absolute atomic E-state index is 12.7. The fraction of sp³-hybridized carbons (Fsp3) is 0.435. The van der Waals surface area contributed by atoms with Crippen LogP contribution in [0.15, 0.2) is 46.9 Å². The second-order valence-electron chi connectivity index (χ2n) is 7.73. The molecule has 0 aromatic heterocycles. The van der Waals surface area contributed by atoms with Crippen LogP contribution < -0.4 is 9.47 Å². The lowest BCUT2D eigenvalue weighted by atomic mass is 9.97. The fourth-order valence-corrected chi connectivity index (χ4v) is 4.47. The summed E-state index contributed by atoms with van der Waals surface area (Å²) in [5, 5.41) is 0. The van der Waals surface area contributed by atoms with E-state index in [0.29, 0.717) is 13.0 Å². The molecule has 4 rings (SSSR count). The smallest absolute Gasteiger partial charge is 0.223 e. The molecule has 2 aliphatic rings. The zero-order valence-corrected chi connectivity index (χ0v) is 17.8. The van der Waals surface area contributed by atoms with Crippen LogP contribution in [0.5, 0.6) is 11.5 Å². The summed E-state index contributed by atoms with van der Waals surface area (Å²) in [4.78, 5) is 14.6. The van der Waals surface area contributed by atoms with Crippen molar-refractivity contribution in [3.8, 4) is 11.5 Å². The van der Waals surface area contributed by atoms with Crippen molar-refractivity contribution in [2.24, 2.45) is 0 Å². The van der Waals surface area contributed by atoms with E-state index < -0.39 is 0 Å². The number of ether oxygens (including phenoxy) is 2. The zero-order chi connectivity index (χ0) is 19.5. The average molecular weight is 444 g/mol. The van der Waals surface area contributed by atoms with Gasteiger partial charge in [-0.2, -0.15) is 0 Å². The number of methoxy groups -OCH3 is 1. The van der Waals surface area contributed by atoms with Gasteiger partial charge in [-0.15, -0.1) is 0 Å².